The molecule has 2 aromatic rings. The van der Waals surface area contributed by atoms with E-state index < -0.39 is 0 Å². The van der Waals surface area contributed by atoms with Crippen LogP contribution in [0.25, 0.3) is 0 Å². The highest BCUT2D eigenvalue weighted by molar-refractivity contribution is 7.12. The molecule has 0 saturated carbocycles. The molecule has 1 unspecified atom stereocenters. The standard InChI is InChI=1S/C15H20N2S/c1-3-17(13-7-5-4-6-8-13)14(11-16)15-10-9-12(2)18-15/h4-10,14H,3,11,16H2,1-2H3. The number of rotatable bonds is 5. The van der Waals surface area contributed by atoms with E-state index in [-0.39, 0.29) is 6.04 Å². The average Bonchev–Trinajstić information content (AvgIpc) is 2.83. The molecule has 0 aliphatic rings. The SMILES string of the molecule is CCN(c1ccccc1)C(CN)c1ccc(C)s1. The van der Waals surface area contributed by atoms with Crippen LogP contribution in [0.15, 0.2) is 42.5 Å². The van der Waals surface area contributed by atoms with Crippen molar-refractivity contribution < 1.29 is 0 Å². The minimum absolute atomic E-state index is 0.274. The Morgan fingerprint density at radius 3 is 2.39 bits per heavy atom. The molecule has 0 saturated heterocycles. The zero-order valence-electron chi connectivity index (χ0n) is 11.0. The predicted molar refractivity (Wildman–Crippen MR) is 80.3 cm³/mol. The molecule has 0 spiro atoms. The fourth-order valence-corrected chi connectivity index (χ4v) is 3.24. The third-order valence-corrected chi connectivity index (χ3v) is 4.22. The lowest BCUT2D eigenvalue weighted by molar-refractivity contribution is 0.653. The molecule has 0 amide bonds. The van der Waals surface area contributed by atoms with Crippen LogP contribution in [-0.2, 0) is 0 Å². The Hall–Kier alpha value is -1.32. The maximum Gasteiger partial charge on any atom is 0.0757 e. The number of hydrogen-bond donors (Lipinski definition) is 1. The Balaban J connectivity index is 2.30. The van der Waals surface area contributed by atoms with Crippen LogP contribution >= 0.6 is 11.3 Å². The van der Waals surface area contributed by atoms with Gasteiger partial charge < -0.3 is 10.6 Å². The Kier molecular flexibility index (Phi) is 4.39. The Bertz CT molecular complexity index is 478. The van der Waals surface area contributed by atoms with Gasteiger partial charge in [-0.05, 0) is 38.1 Å². The third-order valence-electron chi connectivity index (χ3n) is 3.12. The maximum absolute atomic E-state index is 5.99. The molecular formula is C15H20N2S. The molecule has 1 heterocycles. The van der Waals surface area contributed by atoms with Crippen LogP contribution in [0.3, 0.4) is 0 Å². The highest BCUT2D eigenvalue weighted by Crippen LogP contribution is 2.30. The largest absolute Gasteiger partial charge is 0.363 e. The van der Waals surface area contributed by atoms with Gasteiger partial charge in [-0.25, -0.2) is 0 Å². The van der Waals surface area contributed by atoms with Crippen LogP contribution < -0.4 is 10.6 Å². The average molecular weight is 260 g/mol. The van der Waals surface area contributed by atoms with Gasteiger partial charge in [-0.15, -0.1) is 11.3 Å². The molecule has 1 atom stereocenters. The monoisotopic (exact) mass is 260 g/mol. The van der Waals surface area contributed by atoms with Gasteiger partial charge in [-0.3, -0.25) is 0 Å². The van der Waals surface area contributed by atoms with Crippen LogP contribution in [0, 0.1) is 6.92 Å². The molecular weight excluding hydrogens is 240 g/mol. The number of thiophene rings is 1. The second kappa shape index (κ2) is 6.03. The summed E-state index contributed by atoms with van der Waals surface area (Å²) in [6, 6.07) is 15.1. The van der Waals surface area contributed by atoms with Gasteiger partial charge in [-0.2, -0.15) is 0 Å². The highest BCUT2D eigenvalue weighted by atomic mass is 32.1. The van der Waals surface area contributed by atoms with Crippen molar-refractivity contribution in [2.75, 3.05) is 18.0 Å². The zero-order chi connectivity index (χ0) is 13.0. The molecule has 96 valence electrons. The van der Waals surface area contributed by atoms with Crippen molar-refractivity contribution in [3.8, 4) is 0 Å². The molecule has 1 aromatic carbocycles. The number of nitrogens with zero attached hydrogens (tertiary/aromatic N) is 1. The quantitative estimate of drug-likeness (QED) is 0.890. The number of benzene rings is 1. The molecule has 1 aromatic heterocycles. The minimum Gasteiger partial charge on any atom is -0.363 e. The van der Waals surface area contributed by atoms with Crippen molar-refractivity contribution in [3.05, 3.63) is 52.2 Å². The molecule has 2 nitrogen and oxygen atoms in total. The van der Waals surface area contributed by atoms with E-state index in [0.717, 1.165) is 6.54 Å². The predicted octanol–water partition coefficient (Wildman–Crippen LogP) is 3.58. The van der Waals surface area contributed by atoms with Crippen molar-refractivity contribution in [2.24, 2.45) is 5.73 Å². The van der Waals surface area contributed by atoms with E-state index in [1.54, 1.807) is 0 Å². The Morgan fingerprint density at radius 2 is 1.89 bits per heavy atom. The molecule has 0 aliphatic carbocycles. The summed E-state index contributed by atoms with van der Waals surface area (Å²) in [5, 5.41) is 0. The second-order valence-electron chi connectivity index (χ2n) is 4.32. The van der Waals surface area contributed by atoms with E-state index in [0.29, 0.717) is 6.54 Å². The van der Waals surface area contributed by atoms with Gasteiger partial charge in [0, 0.05) is 28.5 Å². The van der Waals surface area contributed by atoms with E-state index in [1.807, 2.05) is 17.4 Å². The lowest BCUT2D eigenvalue weighted by Crippen LogP contribution is -2.33. The number of likely N-dealkylation sites (N-methyl/N-ethyl adjacent to an activating group) is 1. The van der Waals surface area contributed by atoms with Gasteiger partial charge >= 0.3 is 0 Å². The lowest BCUT2D eigenvalue weighted by atomic mass is 10.1. The summed E-state index contributed by atoms with van der Waals surface area (Å²) in [5.74, 6) is 0. The van der Waals surface area contributed by atoms with E-state index in [9.17, 15) is 0 Å². The first-order chi connectivity index (χ1) is 8.76. The smallest absolute Gasteiger partial charge is 0.0757 e. The molecule has 0 fully saturated rings. The van der Waals surface area contributed by atoms with Crippen LogP contribution in [0.4, 0.5) is 5.69 Å². The topological polar surface area (TPSA) is 29.3 Å². The number of para-hydroxylation sites is 1. The molecule has 3 heteroatoms. The van der Waals surface area contributed by atoms with E-state index in [1.165, 1.54) is 15.4 Å². The third kappa shape index (κ3) is 2.74. The van der Waals surface area contributed by atoms with Crippen LogP contribution in [0.1, 0.15) is 22.7 Å². The van der Waals surface area contributed by atoms with E-state index in [4.69, 9.17) is 5.73 Å². The first-order valence-electron chi connectivity index (χ1n) is 6.34. The molecule has 18 heavy (non-hydrogen) atoms. The van der Waals surface area contributed by atoms with Gasteiger partial charge in [0.15, 0.2) is 0 Å². The number of anilines is 1. The summed E-state index contributed by atoms with van der Waals surface area (Å²) in [6.45, 7) is 5.92. The molecule has 2 N–H and O–H groups in total. The minimum atomic E-state index is 0.274. The van der Waals surface area contributed by atoms with Crippen molar-refractivity contribution in [3.63, 3.8) is 0 Å². The fraction of sp³-hybridized carbons (Fsp3) is 0.333. The van der Waals surface area contributed by atoms with E-state index in [2.05, 4.69) is 55.1 Å². The van der Waals surface area contributed by atoms with Gasteiger partial charge in [0.05, 0.1) is 6.04 Å². The Labute approximate surface area is 113 Å². The Morgan fingerprint density at radius 1 is 1.17 bits per heavy atom. The van der Waals surface area contributed by atoms with Crippen molar-refractivity contribution >= 4 is 17.0 Å². The summed E-state index contributed by atoms with van der Waals surface area (Å²) in [5.41, 5.74) is 7.23. The summed E-state index contributed by atoms with van der Waals surface area (Å²) < 4.78 is 0. The van der Waals surface area contributed by atoms with Crippen molar-refractivity contribution in [1.82, 2.24) is 0 Å². The number of hydrogen-bond acceptors (Lipinski definition) is 3. The summed E-state index contributed by atoms with van der Waals surface area (Å²) in [6.07, 6.45) is 0. The van der Waals surface area contributed by atoms with Gasteiger partial charge in [-0.1, -0.05) is 18.2 Å². The lowest BCUT2D eigenvalue weighted by Gasteiger charge is -2.31. The molecule has 0 bridgehead atoms. The molecule has 2 rings (SSSR count). The molecule has 0 aliphatic heterocycles. The van der Waals surface area contributed by atoms with Crippen molar-refractivity contribution in [1.29, 1.82) is 0 Å². The van der Waals surface area contributed by atoms with Crippen LogP contribution in [0.5, 0.6) is 0 Å². The molecule has 0 radical (unpaired) electrons. The summed E-state index contributed by atoms with van der Waals surface area (Å²) in [7, 11) is 0. The normalized spacial score (nSPS) is 12.4. The van der Waals surface area contributed by atoms with Gasteiger partial charge in [0.2, 0.25) is 0 Å². The summed E-state index contributed by atoms with van der Waals surface area (Å²) >= 11 is 1.84. The van der Waals surface area contributed by atoms with Gasteiger partial charge in [0.25, 0.3) is 0 Å². The van der Waals surface area contributed by atoms with Crippen LogP contribution in [0.2, 0.25) is 0 Å². The van der Waals surface area contributed by atoms with Crippen molar-refractivity contribution in [2.45, 2.75) is 19.9 Å². The zero-order valence-corrected chi connectivity index (χ0v) is 11.8. The number of nitrogens with two attached hydrogens (primary N) is 1. The first kappa shape index (κ1) is 13.1. The second-order valence-corrected chi connectivity index (χ2v) is 5.64. The summed E-state index contributed by atoms with van der Waals surface area (Å²) in [4.78, 5) is 5.05. The highest BCUT2D eigenvalue weighted by Gasteiger charge is 2.19. The van der Waals surface area contributed by atoms with E-state index >= 15 is 0 Å². The fourth-order valence-electron chi connectivity index (χ4n) is 2.23. The van der Waals surface area contributed by atoms with Gasteiger partial charge in [0.1, 0.15) is 0 Å². The number of aryl methyl sites for hydroxylation is 1. The maximum atomic E-state index is 5.99. The van der Waals surface area contributed by atoms with Crippen LogP contribution in [-0.4, -0.2) is 13.1 Å². The first-order valence-corrected chi connectivity index (χ1v) is 7.16.